The molecule has 98 valence electrons. The summed E-state index contributed by atoms with van der Waals surface area (Å²) in [5.74, 6) is -0.214. The van der Waals surface area contributed by atoms with Crippen LogP contribution in [-0.2, 0) is 0 Å². The van der Waals surface area contributed by atoms with E-state index < -0.39 is 0 Å². The summed E-state index contributed by atoms with van der Waals surface area (Å²) in [6.07, 6.45) is 5.93. The number of aromatic nitrogens is 2. The van der Waals surface area contributed by atoms with Crippen molar-refractivity contribution < 1.29 is 9.90 Å². The van der Waals surface area contributed by atoms with Crippen molar-refractivity contribution in [2.24, 2.45) is 5.41 Å². The van der Waals surface area contributed by atoms with Gasteiger partial charge >= 0.3 is 0 Å². The van der Waals surface area contributed by atoms with Gasteiger partial charge in [0.1, 0.15) is 5.69 Å². The fourth-order valence-corrected chi connectivity index (χ4v) is 2.41. The minimum atomic E-state index is -0.214. The summed E-state index contributed by atoms with van der Waals surface area (Å²) >= 11 is 0. The molecular formula is C13H19N3O2. The van der Waals surface area contributed by atoms with Gasteiger partial charge in [-0.1, -0.05) is 13.3 Å². The second-order valence-corrected chi connectivity index (χ2v) is 5.27. The third-order valence-corrected chi connectivity index (χ3v) is 3.76. The fourth-order valence-electron chi connectivity index (χ4n) is 2.41. The van der Waals surface area contributed by atoms with Crippen LogP contribution >= 0.6 is 0 Å². The van der Waals surface area contributed by atoms with E-state index in [-0.39, 0.29) is 24.0 Å². The zero-order valence-corrected chi connectivity index (χ0v) is 10.8. The number of carbonyl (C=O) groups excluding carboxylic acids is 1. The molecule has 0 bridgehead atoms. The molecule has 0 aromatic carbocycles. The molecular weight excluding hydrogens is 230 g/mol. The van der Waals surface area contributed by atoms with Gasteiger partial charge in [-0.3, -0.25) is 9.78 Å². The molecule has 5 heteroatoms. The Morgan fingerprint density at radius 2 is 2.33 bits per heavy atom. The van der Waals surface area contributed by atoms with Gasteiger partial charge in [-0.2, -0.15) is 0 Å². The van der Waals surface area contributed by atoms with E-state index in [4.69, 9.17) is 0 Å². The SMILES string of the molecule is Cc1cnc(C(=O)NC2CCCC2(C)CO)cn1. The Hall–Kier alpha value is -1.49. The smallest absolute Gasteiger partial charge is 0.271 e. The summed E-state index contributed by atoms with van der Waals surface area (Å²) in [6, 6.07) is 0.0121. The molecule has 1 fully saturated rings. The topological polar surface area (TPSA) is 75.1 Å². The van der Waals surface area contributed by atoms with Crippen molar-refractivity contribution in [1.82, 2.24) is 15.3 Å². The highest BCUT2D eigenvalue weighted by molar-refractivity contribution is 5.92. The van der Waals surface area contributed by atoms with Crippen molar-refractivity contribution in [1.29, 1.82) is 0 Å². The first-order valence-electron chi connectivity index (χ1n) is 6.25. The molecule has 1 aliphatic carbocycles. The van der Waals surface area contributed by atoms with E-state index in [2.05, 4.69) is 15.3 Å². The van der Waals surface area contributed by atoms with Crippen LogP contribution in [-0.4, -0.2) is 33.6 Å². The number of hydrogen-bond donors (Lipinski definition) is 2. The van der Waals surface area contributed by atoms with E-state index in [9.17, 15) is 9.90 Å². The predicted molar refractivity (Wildman–Crippen MR) is 67.1 cm³/mol. The number of rotatable bonds is 3. The maximum Gasteiger partial charge on any atom is 0.271 e. The Morgan fingerprint density at radius 3 is 2.94 bits per heavy atom. The molecule has 1 saturated carbocycles. The summed E-state index contributed by atoms with van der Waals surface area (Å²) < 4.78 is 0. The molecule has 1 amide bonds. The second kappa shape index (κ2) is 5.02. The average molecular weight is 249 g/mol. The molecule has 1 aromatic heterocycles. The highest BCUT2D eigenvalue weighted by Gasteiger charge is 2.39. The number of carbonyl (C=O) groups is 1. The Morgan fingerprint density at radius 1 is 1.56 bits per heavy atom. The van der Waals surface area contributed by atoms with Crippen LogP contribution in [0.3, 0.4) is 0 Å². The van der Waals surface area contributed by atoms with Crippen LogP contribution in [0.15, 0.2) is 12.4 Å². The third-order valence-electron chi connectivity index (χ3n) is 3.76. The first-order chi connectivity index (χ1) is 8.55. The molecule has 5 nitrogen and oxygen atoms in total. The molecule has 0 saturated heterocycles. The Labute approximate surface area is 107 Å². The standard InChI is InChI=1S/C13H19N3O2/c1-9-6-15-10(7-14-9)12(18)16-11-4-3-5-13(11,2)8-17/h6-7,11,17H,3-5,8H2,1-2H3,(H,16,18). The van der Waals surface area contributed by atoms with Crippen LogP contribution in [0, 0.1) is 12.3 Å². The maximum atomic E-state index is 12.0. The lowest BCUT2D eigenvalue weighted by atomic mass is 9.86. The van der Waals surface area contributed by atoms with Gasteiger partial charge in [0.25, 0.3) is 5.91 Å². The molecule has 2 N–H and O–H groups in total. The number of hydrogen-bond acceptors (Lipinski definition) is 4. The van der Waals surface area contributed by atoms with Crippen LogP contribution in [0.1, 0.15) is 42.4 Å². The van der Waals surface area contributed by atoms with Crippen molar-refractivity contribution in [2.45, 2.75) is 39.2 Å². The largest absolute Gasteiger partial charge is 0.396 e. The summed E-state index contributed by atoms with van der Waals surface area (Å²) in [4.78, 5) is 20.1. The minimum Gasteiger partial charge on any atom is -0.396 e. The third kappa shape index (κ3) is 2.51. The Bertz CT molecular complexity index is 432. The van der Waals surface area contributed by atoms with E-state index in [0.29, 0.717) is 5.69 Å². The number of nitrogens with zero attached hydrogens (tertiary/aromatic N) is 2. The van der Waals surface area contributed by atoms with E-state index in [0.717, 1.165) is 25.0 Å². The highest BCUT2D eigenvalue weighted by atomic mass is 16.3. The van der Waals surface area contributed by atoms with E-state index in [1.54, 1.807) is 6.20 Å². The summed E-state index contributed by atoms with van der Waals surface area (Å²) in [6.45, 7) is 3.93. The second-order valence-electron chi connectivity index (χ2n) is 5.27. The maximum absolute atomic E-state index is 12.0. The van der Waals surface area contributed by atoms with Crippen molar-refractivity contribution in [2.75, 3.05) is 6.61 Å². The first kappa shape index (κ1) is 13.0. The minimum absolute atomic E-state index is 0.0121. The van der Waals surface area contributed by atoms with Gasteiger partial charge in [-0.25, -0.2) is 4.98 Å². The number of nitrogens with one attached hydrogen (secondary N) is 1. The van der Waals surface area contributed by atoms with Gasteiger partial charge in [0.05, 0.1) is 18.5 Å². The van der Waals surface area contributed by atoms with Crippen LogP contribution in [0.25, 0.3) is 0 Å². The summed E-state index contributed by atoms with van der Waals surface area (Å²) in [7, 11) is 0. The zero-order chi connectivity index (χ0) is 13.2. The zero-order valence-electron chi connectivity index (χ0n) is 10.8. The number of aliphatic hydroxyl groups excluding tert-OH is 1. The van der Waals surface area contributed by atoms with Crippen molar-refractivity contribution in [3.05, 3.63) is 23.8 Å². The lowest BCUT2D eigenvalue weighted by molar-refractivity contribution is 0.0825. The lowest BCUT2D eigenvalue weighted by Gasteiger charge is -2.29. The van der Waals surface area contributed by atoms with E-state index in [1.165, 1.54) is 6.20 Å². The van der Waals surface area contributed by atoms with Crippen molar-refractivity contribution >= 4 is 5.91 Å². The molecule has 1 heterocycles. The molecule has 2 rings (SSSR count). The monoisotopic (exact) mass is 249 g/mol. The predicted octanol–water partition coefficient (Wildman–Crippen LogP) is 1.07. The highest BCUT2D eigenvalue weighted by Crippen LogP contribution is 2.37. The average Bonchev–Trinajstić information content (AvgIpc) is 2.72. The first-order valence-corrected chi connectivity index (χ1v) is 6.25. The van der Waals surface area contributed by atoms with Gasteiger partial charge in [0.15, 0.2) is 0 Å². The van der Waals surface area contributed by atoms with E-state index >= 15 is 0 Å². The van der Waals surface area contributed by atoms with Crippen LogP contribution < -0.4 is 5.32 Å². The quantitative estimate of drug-likeness (QED) is 0.840. The number of aryl methyl sites for hydroxylation is 1. The van der Waals surface area contributed by atoms with Gasteiger partial charge in [0.2, 0.25) is 0 Å². The lowest BCUT2D eigenvalue weighted by Crippen LogP contribution is -2.45. The Balaban J connectivity index is 2.05. The number of amides is 1. The van der Waals surface area contributed by atoms with Crippen molar-refractivity contribution in [3.63, 3.8) is 0 Å². The molecule has 1 aliphatic rings. The normalized spacial score (nSPS) is 27.2. The molecule has 1 aromatic rings. The van der Waals surface area contributed by atoms with Crippen molar-refractivity contribution in [3.8, 4) is 0 Å². The number of aliphatic hydroxyl groups is 1. The van der Waals surface area contributed by atoms with E-state index in [1.807, 2.05) is 13.8 Å². The van der Waals surface area contributed by atoms with Crippen LogP contribution in [0.4, 0.5) is 0 Å². The van der Waals surface area contributed by atoms with Crippen LogP contribution in [0.2, 0.25) is 0 Å². The summed E-state index contributed by atoms with van der Waals surface area (Å²) in [5, 5.41) is 12.4. The molecule has 0 aliphatic heterocycles. The van der Waals surface area contributed by atoms with Gasteiger partial charge in [0, 0.05) is 17.7 Å². The molecule has 2 unspecified atom stereocenters. The van der Waals surface area contributed by atoms with Gasteiger partial charge < -0.3 is 10.4 Å². The van der Waals surface area contributed by atoms with Gasteiger partial charge in [-0.15, -0.1) is 0 Å². The molecule has 0 spiro atoms. The summed E-state index contributed by atoms with van der Waals surface area (Å²) in [5.41, 5.74) is 0.897. The van der Waals surface area contributed by atoms with Crippen LogP contribution in [0.5, 0.6) is 0 Å². The van der Waals surface area contributed by atoms with Gasteiger partial charge in [-0.05, 0) is 19.8 Å². The molecule has 18 heavy (non-hydrogen) atoms. The molecule has 2 atom stereocenters. The fraction of sp³-hybridized carbons (Fsp3) is 0.615. The Kier molecular flexibility index (Phi) is 3.61. The molecule has 0 radical (unpaired) electrons.